The maximum atomic E-state index is 13.4. The van der Waals surface area contributed by atoms with Crippen LogP contribution in [0.25, 0.3) is 0 Å². The smallest absolute Gasteiger partial charge is 0.271 e. The summed E-state index contributed by atoms with van der Waals surface area (Å²) in [5.74, 6) is -0.849. The zero-order chi connectivity index (χ0) is 24.9. The highest BCUT2D eigenvalue weighted by atomic mass is 35.5. The standard InChI is InChI=1S/C21H13Cl3N4O6/c1-2-15-25-14-9-12(28(33)34)6-7-13(14)21(30)19(17(23)16(22)18(24)20(21)29)26(15)10-4-3-5-11(8-10)27(31)32/h3-9,30H,2H2,1H3. The Balaban J connectivity index is 2.15. The second-order valence-electron chi connectivity index (χ2n) is 7.28. The van der Waals surface area contributed by atoms with Crippen molar-refractivity contribution in [3.05, 3.63) is 89.1 Å². The molecule has 0 spiro atoms. The molecule has 2 aliphatic rings. The van der Waals surface area contributed by atoms with Gasteiger partial charge < -0.3 is 5.11 Å². The molecule has 1 aliphatic carbocycles. The van der Waals surface area contributed by atoms with Gasteiger partial charge in [-0.05, 0) is 12.1 Å². The summed E-state index contributed by atoms with van der Waals surface area (Å²) in [4.78, 5) is 40.6. The molecule has 10 nitrogen and oxygen atoms in total. The SMILES string of the molecule is CCC1=Nc2cc([N+](=O)[O-])ccc2C2(O)C(=O)C(Cl)=C(Cl)C(Cl)=C2N1c1cccc([N+](=O)[O-])c1. The number of anilines is 1. The average molecular weight is 524 g/mol. The predicted molar refractivity (Wildman–Crippen MR) is 127 cm³/mol. The Morgan fingerprint density at radius 2 is 1.65 bits per heavy atom. The first-order valence-corrected chi connectivity index (χ1v) is 10.8. The fourth-order valence-electron chi connectivity index (χ4n) is 3.85. The number of hydrogen-bond acceptors (Lipinski definition) is 8. The molecule has 2 aromatic carbocycles. The van der Waals surface area contributed by atoms with Gasteiger partial charge in [-0.2, -0.15) is 0 Å². The Morgan fingerprint density at radius 3 is 2.26 bits per heavy atom. The molecule has 1 aliphatic heterocycles. The van der Waals surface area contributed by atoms with Gasteiger partial charge in [0.15, 0.2) is 5.60 Å². The molecule has 0 saturated carbocycles. The van der Waals surface area contributed by atoms with Crippen molar-refractivity contribution < 1.29 is 19.7 Å². The minimum absolute atomic E-state index is 0.0701. The van der Waals surface area contributed by atoms with Crippen LogP contribution in [0.1, 0.15) is 18.9 Å². The van der Waals surface area contributed by atoms with Gasteiger partial charge in [0.05, 0.1) is 37.0 Å². The van der Waals surface area contributed by atoms with Crippen molar-refractivity contribution in [1.82, 2.24) is 0 Å². The van der Waals surface area contributed by atoms with Crippen LogP contribution in [0.4, 0.5) is 22.7 Å². The molecule has 4 rings (SSSR count). The molecule has 0 radical (unpaired) electrons. The number of aliphatic hydroxyl groups is 1. The highest BCUT2D eigenvalue weighted by Gasteiger charge is 2.54. The summed E-state index contributed by atoms with van der Waals surface area (Å²) >= 11 is 18.9. The molecule has 13 heteroatoms. The highest BCUT2D eigenvalue weighted by Crippen LogP contribution is 2.52. The molecule has 2 aromatic rings. The van der Waals surface area contributed by atoms with Gasteiger partial charge in [-0.15, -0.1) is 0 Å². The number of carbonyl (C=O) groups is 1. The van der Waals surface area contributed by atoms with E-state index in [9.17, 15) is 30.1 Å². The molecule has 174 valence electrons. The van der Waals surface area contributed by atoms with Crippen molar-refractivity contribution in [2.24, 2.45) is 4.99 Å². The van der Waals surface area contributed by atoms with Gasteiger partial charge in [-0.3, -0.25) is 29.9 Å². The number of non-ortho nitro benzene ring substituents is 2. The largest absolute Gasteiger partial charge is 0.372 e. The maximum absolute atomic E-state index is 13.4. The zero-order valence-electron chi connectivity index (χ0n) is 17.2. The van der Waals surface area contributed by atoms with Crippen molar-refractivity contribution in [3.63, 3.8) is 0 Å². The lowest BCUT2D eigenvalue weighted by molar-refractivity contribution is -0.385. The topological polar surface area (TPSA) is 139 Å². The van der Waals surface area contributed by atoms with E-state index < -0.39 is 26.3 Å². The zero-order valence-corrected chi connectivity index (χ0v) is 19.4. The van der Waals surface area contributed by atoms with Crippen molar-refractivity contribution in [3.8, 4) is 0 Å². The predicted octanol–water partition coefficient (Wildman–Crippen LogP) is 5.37. The lowest BCUT2D eigenvalue weighted by atomic mass is 9.81. The number of halogens is 3. The van der Waals surface area contributed by atoms with E-state index in [-0.39, 0.29) is 56.3 Å². The van der Waals surface area contributed by atoms with E-state index in [1.54, 1.807) is 6.92 Å². The monoisotopic (exact) mass is 522 g/mol. The van der Waals surface area contributed by atoms with Crippen LogP contribution in [0.5, 0.6) is 0 Å². The normalized spacial score (nSPS) is 20.0. The number of Topliss-reactive ketones (excluding diaryl/α,β-unsaturated/α-hetero) is 1. The van der Waals surface area contributed by atoms with Crippen LogP contribution in [-0.4, -0.2) is 26.6 Å². The summed E-state index contributed by atoms with van der Waals surface area (Å²) in [6.07, 6.45) is 0.178. The van der Waals surface area contributed by atoms with Gasteiger partial charge >= 0.3 is 0 Å². The van der Waals surface area contributed by atoms with E-state index >= 15 is 0 Å². The molecular weight excluding hydrogens is 511 g/mol. The summed E-state index contributed by atoms with van der Waals surface area (Å²) in [5, 5.41) is 33.5. The fourth-order valence-corrected chi connectivity index (χ4v) is 4.62. The van der Waals surface area contributed by atoms with Crippen molar-refractivity contribution >= 4 is 69.2 Å². The molecule has 1 heterocycles. The number of aliphatic imine (C=N–C) groups is 1. The number of fused-ring (bicyclic) bond motifs is 3. The number of hydrogen-bond donors (Lipinski definition) is 1. The van der Waals surface area contributed by atoms with Crippen LogP contribution in [0, 0.1) is 20.2 Å². The average Bonchev–Trinajstić information content (AvgIpc) is 2.93. The molecule has 0 aromatic heterocycles. The van der Waals surface area contributed by atoms with Gasteiger partial charge in [0.1, 0.15) is 10.9 Å². The second-order valence-corrected chi connectivity index (χ2v) is 8.42. The van der Waals surface area contributed by atoms with E-state index in [1.807, 2.05) is 0 Å². The molecular formula is C21H13Cl3N4O6. The number of nitro groups is 2. The first-order valence-electron chi connectivity index (χ1n) is 9.66. The Labute approximate surface area is 206 Å². The Bertz CT molecular complexity index is 1390. The lowest BCUT2D eigenvalue weighted by Crippen LogP contribution is -2.48. The van der Waals surface area contributed by atoms with Crippen LogP contribution < -0.4 is 4.90 Å². The van der Waals surface area contributed by atoms with Crippen LogP contribution in [-0.2, 0) is 10.4 Å². The Morgan fingerprint density at radius 1 is 1.00 bits per heavy atom. The molecule has 0 amide bonds. The number of nitrogens with zero attached hydrogens (tertiary/aromatic N) is 4. The minimum atomic E-state index is -2.55. The van der Waals surface area contributed by atoms with Gasteiger partial charge in [-0.1, -0.05) is 47.8 Å². The quantitative estimate of drug-likeness (QED) is 0.419. The molecule has 0 fully saturated rings. The van der Waals surface area contributed by atoms with Crippen molar-refractivity contribution in [2.75, 3.05) is 4.90 Å². The number of benzene rings is 2. The molecule has 1 atom stereocenters. The van der Waals surface area contributed by atoms with Gasteiger partial charge in [0.2, 0.25) is 5.78 Å². The highest BCUT2D eigenvalue weighted by molar-refractivity contribution is 6.55. The minimum Gasteiger partial charge on any atom is -0.372 e. The first-order chi connectivity index (χ1) is 16.0. The van der Waals surface area contributed by atoms with Crippen molar-refractivity contribution in [2.45, 2.75) is 18.9 Å². The van der Waals surface area contributed by atoms with Crippen LogP contribution in [0.3, 0.4) is 0 Å². The number of allylic oxidation sites excluding steroid dienone is 2. The summed E-state index contributed by atoms with van der Waals surface area (Å²) in [6.45, 7) is 1.70. The Hall–Kier alpha value is -3.31. The Kier molecular flexibility index (Phi) is 5.94. The van der Waals surface area contributed by atoms with E-state index in [1.165, 1.54) is 35.2 Å². The molecule has 0 saturated heterocycles. The number of amidine groups is 1. The third kappa shape index (κ3) is 3.46. The third-order valence-corrected chi connectivity index (χ3v) is 6.69. The van der Waals surface area contributed by atoms with E-state index in [2.05, 4.69) is 4.99 Å². The van der Waals surface area contributed by atoms with Gasteiger partial charge in [0.25, 0.3) is 11.4 Å². The second kappa shape index (κ2) is 8.48. The molecule has 0 bridgehead atoms. The lowest BCUT2D eigenvalue weighted by Gasteiger charge is -2.39. The maximum Gasteiger partial charge on any atom is 0.271 e. The third-order valence-electron chi connectivity index (χ3n) is 5.39. The van der Waals surface area contributed by atoms with Gasteiger partial charge in [-0.25, -0.2) is 4.99 Å². The van der Waals surface area contributed by atoms with E-state index in [4.69, 9.17) is 34.8 Å². The summed E-state index contributed by atoms with van der Waals surface area (Å²) in [5.41, 5.74) is -3.43. The summed E-state index contributed by atoms with van der Waals surface area (Å²) < 4.78 is 0. The number of ketones is 1. The van der Waals surface area contributed by atoms with Crippen LogP contribution in [0.15, 0.2) is 68.3 Å². The first kappa shape index (κ1) is 23.8. The molecule has 1 N–H and O–H groups in total. The number of rotatable bonds is 4. The van der Waals surface area contributed by atoms with E-state index in [0.717, 1.165) is 12.1 Å². The summed E-state index contributed by atoms with van der Waals surface area (Å²) in [7, 11) is 0. The van der Waals surface area contributed by atoms with Crippen molar-refractivity contribution in [1.29, 1.82) is 0 Å². The molecule has 34 heavy (non-hydrogen) atoms. The van der Waals surface area contributed by atoms with Crippen LogP contribution in [0.2, 0.25) is 0 Å². The summed E-state index contributed by atoms with van der Waals surface area (Å²) in [6, 6.07) is 8.77. The number of carbonyl (C=O) groups excluding carboxylic acids is 1. The van der Waals surface area contributed by atoms with Crippen LogP contribution >= 0.6 is 34.8 Å². The van der Waals surface area contributed by atoms with Gasteiger partial charge in [0, 0.05) is 36.2 Å². The molecule has 1 unspecified atom stereocenters. The number of nitro benzene ring substituents is 2. The fraction of sp³-hybridized carbons (Fsp3) is 0.143. The van der Waals surface area contributed by atoms with E-state index in [0.29, 0.717) is 0 Å².